The average molecular weight is 397 g/mol. The van der Waals surface area contributed by atoms with E-state index >= 15 is 0 Å². The zero-order valence-corrected chi connectivity index (χ0v) is 16.2. The number of aliphatic hydroxyl groups is 1. The van der Waals surface area contributed by atoms with Gasteiger partial charge in [-0.25, -0.2) is 0 Å². The van der Waals surface area contributed by atoms with Crippen LogP contribution in [0.5, 0.6) is 5.75 Å². The van der Waals surface area contributed by atoms with Crippen LogP contribution in [-0.4, -0.2) is 85.9 Å². The third-order valence-electron chi connectivity index (χ3n) is 5.15. The number of alkyl halides is 2. The number of hydrogen-bond donors (Lipinski definition) is 3. The van der Waals surface area contributed by atoms with E-state index in [-0.39, 0.29) is 12.3 Å². The molecule has 3 aliphatic heterocycles. The van der Waals surface area contributed by atoms with Crippen molar-refractivity contribution in [3.8, 4) is 5.75 Å². The van der Waals surface area contributed by atoms with E-state index in [1.807, 2.05) is 6.92 Å². The topological polar surface area (TPSA) is 72.4 Å². The molecular weight excluding hydrogens is 368 g/mol. The van der Waals surface area contributed by atoms with E-state index < -0.39 is 12.7 Å². The number of ether oxygens (including phenoxy) is 1. The van der Waals surface area contributed by atoms with Gasteiger partial charge in [-0.2, -0.15) is 8.78 Å². The average Bonchev–Trinajstić information content (AvgIpc) is 2.71. The smallest absolute Gasteiger partial charge is 0.387 e. The molecule has 1 aromatic rings. The van der Waals surface area contributed by atoms with Crippen molar-refractivity contribution in [2.75, 3.05) is 52.4 Å². The molecule has 2 bridgehead atoms. The van der Waals surface area contributed by atoms with Crippen LogP contribution in [0.4, 0.5) is 8.78 Å². The number of rotatable bonds is 8. The number of aliphatic imine (C=N–C) groups is 1. The van der Waals surface area contributed by atoms with Crippen LogP contribution in [0.3, 0.4) is 0 Å². The Balaban J connectivity index is 1.51. The minimum atomic E-state index is -2.86. The second kappa shape index (κ2) is 9.99. The SMILES string of the molecule is CCNC(=NCC(O)c1ccc(OC(F)F)cc1)NCC1CN2CCN1CC2. The van der Waals surface area contributed by atoms with Crippen molar-refractivity contribution in [3.63, 3.8) is 0 Å². The number of hydrogen-bond acceptors (Lipinski definition) is 5. The van der Waals surface area contributed by atoms with Gasteiger partial charge in [0.1, 0.15) is 5.75 Å². The molecule has 3 fully saturated rings. The predicted octanol–water partition coefficient (Wildman–Crippen LogP) is 0.876. The molecule has 0 aromatic heterocycles. The maximum absolute atomic E-state index is 12.2. The fourth-order valence-corrected chi connectivity index (χ4v) is 3.63. The molecule has 9 heteroatoms. The van der Waals surface area contributed by atoms with Crippen molar-refractivity contribution < 1.29 is 18.6 Å². The largest absolute Gasteiger partial charge is 0.435 e. The molecule has 0 amide bonds. The summed E-state index contributed by atoms with van der Waals surface area (Å²) < 4.78 is 28.7. The Hall–Kier alpha value is -1.97. The van der Waals surface area contributed by atoms with Crippen LogP contribution in [0.1, 0.15) is 18.6 Å². The lowest BCUT2D eigenvalue weighted by Gasteiger charge is -2.47. The highest BCUT2D eigenvalue weighted by Crippen LogP contribution is 2.19. The molecule has 2 unspecified atom stereocenters. The van der Waals surface area contributed by atoms with Gasteiger partial charge in [-0.15, -0.1) is 0 Å². The van der Waals surface area contributed by atoms with E-state index in [1.54, 1.807) is 12.1 Å². The summed E-state index contributed by atoms with van der Waals surface area (Å²) in [5.41, 5.74) is 0.602. The van der Waals surface area contributed by atoms with Crippen molar-refractivity contribution in [1.29, 1.82) is 0 Å². The monoisotopic (exact) mass is 397 g/mol. The molecule has 0 spiro atoms. The van der Waals surface area contributed by atoms with Gasteiger partial charge in [0.15, 0.2) is 5.96 Å². The summed E-state index contributed by atoms with van der Waals surface area (Å²) in [6.07, 6.45) is -0.823. The number of aliphatic hydroxyl groups excluding tert-OH is 1. The fourth-order valence-electron chi connectivity index (χ4n) is 3.63. The zero-order valence-electron chi connectivity index (χ0n) is 16.2. The van der Waals surface area contributed by atoms with Gasteiger partial charge in [-0.1, -0.05) is 12.1 Å². The molecule has 3 aliphatic rings. The summed E-state index contributed by atoms with van der Waals surface area (Å²) in [4.78, 5) is 9.46. The molecule has 2 atom stereocenters. The van der Waals surface area contributed by atoms with Crippen molar-refractivity contribution in [2.24, 2.45) is 4.99 Å². The first-order valence-electron chi connectivity index (χ1n) is 9.76. The number of fused-ring (bicyclic) bond motifs is 3. The first-order chi connectivity index (χ1) is 13.5. The van der Waals surface area contributed by atoms with Gasteiger partial charge < -0.3 is 20.5 Å². The molecule has 4 rings (SSSR count). The third kappa shape index (κ3) is 5.76. The second-order valence-corrected chi connectivity index (χ2v) is 7.05. The Kier molecular flexibility index (Phi) is 7.41. The number of guanidine groups is 1. The Bertz CT molecular complexity index is 636. The Morgan fingerprint density at radius 3 is 2.50 bits per heavy atom. The van der Waals surface area contributed by atoms with Gasteiger partial charge >= 0.3 is 6.61 Å². The van der Waals surface area contributed by atoms with E-state index in [4.69, 9.17) is 0 Å². The maximum Gasteiger partial charge on any atom is 0.387 e. The van der Waals surface area contributed by atoms with Crippen LogP contribution in [0, 0.1) is 0 Å². The lowest BCUT2D eigenvalue weighted by atomic mass is 10.1. The summed E-state index contributed by atoms with van der Waals surface area (Å²) in [6, 6.07) is 6.44. The normalized spacial score (nSPS) is 25.6. The van der Waals surface area contributed by atoms with Crippen molar-refractivity contribution in [2.45, 2.75) is 25.7 Å². The number of halogens is 2. The van der Waals surface area contributed by atoms with Crippen LogP contribution < -0.4 is 15.4 Å². The Labute approximate surface area is 164 Å². The van der Waals surface area contributed by atoms with Gasteiger partial charge in [0.25, 0.3) is 0 Å². The van der Waals surface area contributed by atoms with E-state index in [1.165, 1.54) is 12.1 Å². The lowest BCUT2D eigenvalue weighted by Crippen LogP contribution is -2.63. The molecule has 3 N–H and O–H groups in total. The molecule has 7 nitrogen and oxygen atoms in total. The van der Waals surface area contributed by atoms with Gasteiger partial charge in [0.2, 0.25) is 0 Å². The molecule has 3 saturated heterocycles. The number of benzene rings is 1. The van der Waals surface area contributed by atoms with Gasteiger partial charge in [-0.05, 0) is 24.6 Å². The molecule has 156 valence electrons. The van der Waals surface area contributed by atoms with Gasteiger partial charge in [-0.3, -0.25) is 14.8 Å². The van der Waals surface area contributed by atoms with Crippen molar-refractivity contribution in [1.82, 2.24) is 20.4 Å². The molecule has 0 saturated carbocycles. The van der Waals surface area contributed by atoms with Crippen LogP contribution in [0.25, 0.3) is 0 Å². The first-order valence-corrected chi connectivity index (χ1v) is 9.76. The summed E-state index contributed by atoms with van der Waals surface area (Å²) in [7, 11) is 0. The van der Waals surface area contributed by atoms with Gasteiger partial charge in [0.05, 0.1) is 12.6 Å². The maximum atomic E-state index is 12.2. The third-order valence-corrected chi connectivity index (χ3v) is 5.15. The van der Waals surface area contributed by atoms with Crippen LogP contribution in [0.2, 0.25) is 0 Å². The highest BCUT2D eigenvalue weighted by atomic mass is 19.3. The molecule has 3 heterocycles. The Morgan fingerprint density at radius 1 is 1.21 bits per heavy atom. The summed E-state index contributed by atoms with van der Waals surface area (Å²) in [5.74, 6) is 0.730. The standard InChI is InChI=1S/C19H29F2N5O2/c1-2-22-19(23-11-15-13-25-7-9-26(15)10-8-25)24-12-17(27)14-3-5-16(6-4-14)28-18(20)21/h3-6,15,17-18,27H,2,7-13H2,1H3,(H2,22,23,24). The van der Waals surface area contributed by atoms with E-state index in [0.717, 1.165) is 45.8 Å². The van der Waals surface area contributed by atoms with Crippen LogP contribution in [0.15, 0.2) is 29.3 Å². The zero-order chi connectivity index (χ0) is 19.9. The van der Waals surface area contributed by atoms with Crippen molar-refractivity contribution in [3.05, 3.63) is 29.8 Å². The quantitative estimate of drug-likeness (QED) is 0.447. The van der Waals surface area contributed by atoms with E-state index in [0.29, 0.717) is 17.6 Å². The van der Waals surface area contributed by atoms with E-state index in [9.17, 15) is 13.9 Å². The summed E-state index contributed by atoms with van der Waals surface area (Å²) in [5, 5.41) is 16.9. The number of nitrogens with zero attached hydrogens (tertiary/aromatic N) is 3. The predicted molar refractivity (Wildman–Crippen MR) is 104 cm³/mol. The van der Waals surface area contributed by atoms with E-state index in [2.05, 4.69) is 30.2 Å². The van der Waals surface area contributed by atoms with Crippen LogP contribution in [-0.2, 0) is 0 Å². The molecule has 1 aromatic carbocycles. The van der Waals surface area contributed by atoms with Gasteiger partial charge in [0, 0.05) is 51.9 Å². The molecule has 28 heavy (non-hydrogen) atoms. The molecule has 0 radical (unpaired) electrons. The Morgan fingerprint density at radius 2 is 1.93 bits per heavy atom. The fraction of sp³-hybridized carbons (Fsp3) is 0.632. The summed E-state index contributed by atoms with van der Waals surface area (Å²) >= 11 is 0. The minimum absolute atomic E-state index is 0.0666. The molecule has 0 aliphatic carbocycles. The van der Waals surface area contributed by atoms with Crippen LogP contribution >= 0.6 is 0 Å². The first kappa shape index (κ1) is 20.8. The number of piperazine rings is 3. The highest BCUT2D eigenvalue weighted by Gasteiger charge is 2.31. The number of nitrogens with one attached hydrogen (secondary N) is 2. The minimum Gasteiger partial charge on any atom is -0.435 e. The lowest BCUT2D eigenvalue weighted by molar-refractivity contribution is -0.0498. The summed E-state index contributed by atoms with van der Waals surface area (Å²) in [6.45, 7) is 6.44. The van der Waals surface area contributed by atoms with Crippen molar-refractivity contribution >= 4 is 5.96 Å². The molecular formula is C19H29F2N5O2. The second-order valence-electron chi connectivity index (χ2n) is 7.05. The highest BCUT2D eigenvalue weighted by molar-refractivity contribution is 5.79.